The van der Waals surface area contributed by atoms with Crippen LogP contribution in [0.5, 0.6) is 0 Å². The van der Waals surface area contributed by atoms with Crippen LogP contribution in [0.4, 0.5) is 5.69 Å². The number of aryl methyl sites for hydroxylation is 1. The van der Waals surface area contributed by atoms with Crippen LogP contribution >= 0.6 is 23.2 Å². The second kappa shape index (κ2) is 5.34. The van der Waals surface area contributed by atoms with Crippen LogP contribution in [0, 0.1) is 6.92 Å². The van der Waals surface area contributed by atoms with E-state index in [0.717, 1.165) is 16.8 Å². The lowest BCUT2D eigenvalue weighted by Crippen LogP contribution is -2.63. The van der Waals surface area contributed by atoms with E-state index in [1.54, 1.807) is 17.0 Å². The lowest BCUT2D eigenvalue weighted by Gasteiger charge is -2.46. The summed E-state index contributed by atoms with van der Waals surface area (Å²) in [7, 11) is 0. The average Bonchev–Trinajstić information content (AvgIpc) is 2.45. The van der Waals surface area contributed by atoms with Crippen LogP contribution in [-0.2, 0) is 4.79 Å². The van der Waals surface area contributed by atoms with Gasteiger partial charge in [0, 0.05) is 15.7 Å². The number of hydrogen-bond donors (Lipinski definition) is 1. The van der Waals surface area contributed by atoms with Crippen molar-refractivity contribution in [3.63, 3.8) is 0 Å². The minimum absolute atomic E-state index is 0.100. The molecule has 2 N–H and O–H groups in total. The Labute approximate surface area is 133 Å². The van der Waals surface area contributed by atoms with Crippen molar-refractivity contribution in [3.05, 3.63) is 63.6 Å². The zero-order valence-electron chi connectivity index (χ0n) is 11.4. The van der Waals surface area contributed by atoms with E-state index >= 15 is 0 Å². The van der Waals surface area contributed by atoms with Crippen LogP contribution in [0.2, 0.25) is 10.0 Å². The normalized spacial score (nSPS) is 21.3. The molecule has 21 heavy (non-hydrogen) atoms. The summed E-state index contributed by atoms with van der Waals surface area (Å²) in [6.07, 6.45) is 0. The minimum Gasteiger partial charge on any atom is -0.318 e. The number of amides is 1. The molecule has 0 radical (unpaired) electrons. The molecule has 1 heterocycles. The first-order chi connectivity index (χ1) is 9.99. The van der Waals surface area contributed by atoms with Crippen molar-refractivity contribution < 1.29 is 4.79 Å². The van der Waals surface area contributed by atoms with Crippen LogP contribution in [-0.4, -0.2) is 11.9 Å². The predicted octanol–water partition coefficient (Wildman–Crippen LogP) is 3.72. The Bertz CT molecular complexity index is 717. The van der Waals surface area contributed by atoms with Gasteiger partial charge in [-0.2, -0.15) is 0 Å². The van der Waals surface area contributed by atoms with Gasteiger partial charge in [0.2, 0.25) is 5.91 Å². The topological polar surface area (TPSA) is 46.3 Å². The van der Waals surface area contributed by atoms with Crippen LogP contribution in [0.3, 0.4) is 0 Å². The average molecular weight is 321 g/mol. The minimum atomic E-state index is -0.579. The highest BCUT2D eigenvalue weighted by Crippen LogP contribution is 2.41. The molecule has 1 aliphatic rings. The van der Waals surface area contributed by atoms with E-state index in [2.05, 4.69) is 0 Å². The molecule has 2 aromatic carbocycles. The molecule has 5 heteroatoms. The number of nitrogens with two attached hydrogens (primary N) is 1. The Morgan fingerprint density at radius 2 is 1.90 bits per heavy atom. The molecule has 1 saturated heterocycles. The first kappa shape index (κ1) is 14.4. The number of nitrogens with zero attached hydrogens (tertiary/aromatic N) is 1. The van der Waals surface area contributed by atoms with Crippen molar-refractivity contribution in [1.82, 2.24) is 0 Å². The standard InChI is InChI=1S/C16H14Cl2N2O/c1-9-3-2-4-11(7-9)20-15(14(19)16(20)21)12-6-5-10(17)8-13(12)18/h2-8,14-15H,19H2,1H3/t14-,15-/m1/s1. The molecule has 3 nitrogen and oxygen atoms in total. The zero-order chi connectivity index (χ0) is 15.1. The van der Waals surface area contributed by atoms with E-state index in [9.17, 15) is 4.79 Å². The number of rotatable bonds is 2. The fraction of sp³-hybridized carbons (Fsp3) is 0.188. The SMILES string of the molecule is Cc1cccc(N2C(=O)[C@H](N)[C@H]2c2ccc(Cl)cc2Cl)c1. The lowest BCUT2D eigenvalue weighted by atomic mass is 9.88. The third-order valence-corrected chi connectivity index (χ3v) is 4.26. The van der Waals surface area contributed by atoms with Gasteiger partial charge in [-0.3, -0.25) is 4.79 Å². The summed E-state index contributed by atoms with van der Waals surface area (Å²) < 4.78 is 0. The molecule has 108 valence electrons. The van der Waals surface area contributed by atoms with Gasteiger partial charge in [0.1, 0.15) is 6.04 Å². The maximum absolute atomic E-state index is 12.2. The maximum Gasteiger partial charge on any atom is 0.247 e. The summed E-state index contributed by atoms with van der Waals surface area (Å²) >= 11 is 12.2. The van der Waals surface area contributed by atoms with Crippen LogP contribution in [0.25, 0.3) is 0 Å². The fourth-order valence-corrected chi connectivity index (χ4v) is 3.17. The van der Waals surface area contributed by atoms with Gasteiger partial charge in [-0.1, -0.05) is 41.4 Å². The highest BCUT2D eigenvalue weighted by Gasteiger charge is 2.47. The van der Waals surface area contributed by atoms with Crippen molar-refractivity contribution in [1.29, 1.82) is 0 Å². The molecule has 0 spiro atoms. The first-order valence-corrected chi connectivity index (χ1v) is 7.35. The van der Waals surface area contributed by atoms with Crippen LogP contribution in [0.15, 0.2) is 42.5 Å². The summed E-state index contributed by atoms with van der Waals surface area (Å²) in [6.45, 7) is 1.98. The number of halogens is 2. The number of hydrogen-bond acceptors (Lipinski definition) is 2. The Kier molecular flexibility index (Phi) is 3.66. The van der Waals surface area contributed by atoms with E-state index in [-0.39, 0.29) is 11.9 Å². The molecule has 0 aliphatic carbocycles. The fourth-order valence-electron chi connectivity index (χ4n) is 2.65. The van der Waals surface area contributed by atoms with Crippen molar-refractivity contribution >= 4 is 34.8 Å². The molecule has 0 aromatic heterocycles. The Morgan fingerprint density at radius 1 is 1.14 bits per heavy atom. The largest absolute Gasteiger partial charge is 0.318 e. The second-order valence-electron chi connectivity index (χ2n) is 5.18. The zero-order valence-corrected chi connectivity index (χ0v) is 12.9. The van der Waals surface area contributed by atoms with Gasteiger partial charge in [0.25, 0.3) is 0 Å². The molecule has 3 rings (SSSR count). The Hall–Kier alpha value is -1.55. The molecule has 1 amide bonds. The molecule has 1 aliphatic heterocycles. The summed E-state index contributed by atoms with van der Waals surface area (Å²) in [5.74, 6) is -0.100. The Morgan fingerprint density at radius 3 is 2.57 bits per heavy atom. The highest BCUT2D eigenvalue weighted by molar-refractivity contribution is 6.35. The molecule has 1 fully saturated rings. The third kappa shape index (κ3) is 2.42. The van der Waals surface area contributed by atoms with Gasteiger partial charge in [0.05, 0.1) is 6.04 Å². The van der Waals surface area contributed by atoms with E-state index < -0.39 is 6.04 Å². The van der Waals surface area contributed by atoms with Crippen molar-refractivity contribution in [2.24, 2.45) is 5.73 Å². The summed E-state index contributed by atoms with van der Waals surface area (Å²) in [4.78, 5) is 13.9. The third-order valence-electron chi connectivity index (χ3n) is 3.70. The molecular weight excluding hydrogens is 307 g/mol. The predicted molar refractivity (Wildman–Crippen MR) is 85.8 cm³/mol. The number of benzene rings is 2. The van der Waals surface area contributed by atoms with Gasteiger partial charge in [-0.05, 0) is 42.3 Å². The maximum atomic E-state index is 12.2. The van der Waals surface area contributed by atoms with Gasteiger partial charge >= 0.3 is 0 Å². The van der Waals surface area contributed by atoms with Gasteiger partial charge in [0.15, 0.2) is 0 Å². The number of β-lactam (4-membered cyclic amide) rings is 1. The van der Waals surface area contributed by atoms with E-state index in [0.29, 0.717) is 10.0 Å². The molecule has 0 bridgehead atoms. The Balaban J connectivity index is 2.02. The van der Waals surface area contributed by atoms with Gasteiger partial charge in [-0.15, -0.1) is 0 Å². The molecule has 2 aromatic rings. The first-order valence-electron chi connectivity index (χ1n) is 6.59. The smallest absolute Gasteiger partial charge is 0.247 e. The van der Waals surface area contributed by atoms with Crippen LogP contribution < -0.4 is 10.6 Å². The van der Waals surface area contributed by atoms with Crippen LogP contribution in [0.1, 0.15) is 17.2 Å². The van der Waals surface area contributed by atoms with Crippen molar-refractivity contribution in [2.45, 2.75) is 19.0 Å². The van der Waals surface area contributed by atoms with E-state index in [1.165, 1.54) is 0 Å². The van der Waals surface area contributed by atoms with Gasteiger partial charge in [-0.25, -0.2) is 0 Å². The summed E-state index contributed by atoms with van der Waals surface area (Å²) in [6, 6.07) is 12.2. The summed E-state index contributed by atoms with van der Waals surface area (Å²) in [5, 5.41) is 1.08. The molecular formula is C16H14Cl2N2O. The van der Waals surface area contributed by atoms with E-state index in [4.69, 9.17) is 28.9 Å². The van der Waals surface area contributed by atoms with Crippen molar-refractivity contribution in [3.8, 4) is 0 Å². The number of anilines is 1. The van der Waals surface area contributed by atoms with E-state index in [1.807, 2.05) is 37.3 Å². The summed E-state index contributed by atoms with van der Waals surface area (Å²) in [5.41, 5.74) is 8.72. The molecule has 0 unspecified atom stereocenters. The highest BCUT2D eigenvalue weighted by atomic mass is 35.5. The number of carbonyl (C=O) groups excluding carboxylic acids is 1. The van der Waals surface area contributed by atoms with Crippen molar-refractivity contribution in [2.75, 3.05) is 4.90 Å². The monoisotopic (exact) mass is 320 g/mol. The lowest BCUT2D eigenvalue weighted by molar-refractivity contribution is -0.126. The number of carbonyl (C=O) groups is 1. The molecule has 2 atom stereocenters. The second-order valence-corrected chi connectivity index (χ2v) is 6.03. The quantitative estimate of drug-likeness (QED) is 0.857. The molecule has 0 saturated carbocycles. The van der Waals surface area contributed by atoms with Gasteiger partial charge < -0.3 is 10.6 Å².